The van der Waals surface area contributed by atoms with E-state index in [-0.39, 0.29) is 23.5 Å². The molecule has 0 saturated carbocycles. The van der Waals surface area contributed by atoms with E-state index >= 15 is 0 Å². The second-order valence-corrected chi connectivity index (χ2v) is 5.04. The van der Waals surface area contributed by atoms with Gasteiger partial charge in [0, 0.05) is 12.3 Å². The van der Waals surface area contributed by atoms with E-state index in [2.05, 4.69) is 5.32 Å². The average molecular weight is 277 g/mol. The van der Waals surface area contributed by atoms with E-state index in [1.807, 2.05) is 6.92 Å². The number of carbonyl (C=O) groups is 2. The number of benzene rings is 1. The Bertz CT molecular complexity index is 527. The molecule has 1 amide bonds. The molecule has 20 heavy (non-hydrogen) atoms. The van der Waals surface area contributed by atoms with Crippen LogP contribution in [-0.4, -0.2) is 29.7 Å². The second-order valence-electron chi connectivity index (χ2n) is 5.04. The predicted molar refractivity (Wildman–Crippen MR) is 74.9 cm³/mol. The first kappa shape index (κ1) is 14.5. The molecule has 1 aliphatic rings. The first-order chi connectivity index (χ1) is 9.52. The minimum atomic E-state index is -0.962. The van der Waals surface area contributed by atoms with Crippen molar-refractivity contribution in [3.63, 3.8) is 0 Å². The SMILES string of the molecule is CCC1OCCC1C(=O)Nc1ccc(C(=O)O)c(C)c1. The summed E-state index contributed by atoms with van der Waals surface area (Å²) < 4.78 is 5.51. The van der Waals surface area contributed by atoms with Crippen molar-refractivity contribution < 1.29 is 19.4 Å². The van der Waals surface area contributed by atoms with Gasteiger partial charge in [0.25, 0.3) is 0 Å². The number of rotatable bonds is 4. The fraction of sp³-hybridized carbons (Fsp3) is 0.467. The summed E-state index contributed by atoms with van der Waals surface area (Å²) in [6.45, 7) is 4.34. The molecule has 1 fully saturated rings. The van der Waals surface area contributed by atoms with Gasteiger partial charge in [-0.1, -0.05) is 6.92 Å². The number of carboxylic acid groups (broad SMARTS) is 1. The number of hydrogen-bond acceptors (Lipinski definition) is 3. The highest BCUT2D eigenvalue weighted by Gasteiger charge is 2.32. The van der Waals surface area contributed by atoms with Crippen molar-refractivity contribution in [2.75, 3.05) is 11.9 Å². The molecule has 0 bridgehead atoms. The molecule has 108 valence electrons. The highest BCUT2D eigenvalue weighted by Crippen LogP contribution is 2.25. The van der Waals surface area contributed by atoms with E-state index in [1.165, 1.54) is 6.07 Å². The Hall–Kier alpha value is -1.88. The lowest BCUT2D eigenvalue weighted by Gasteiger charge is -2.16. The van der Waals surface area contributed by atoms with Crippen LogP contribution in [0.25, 0.3) is 0 Å². The molecule has 0 spiro atoms. The van der Waals surface area contributed by atoms with Crippen molar-refractivity contribution in [2.24, 2.45) is 5.92 Å². The predicted octanol–water partition coefficient (Wildman–Crippen LogP) is 2.45. The maximum Gasteiger partial charge on any atom is 0.335 e. The summed E-state index contributed by atoms with van der Waals surface area (Å²) in [6.07, 6.45) is 1.53. The third kappa shape index (κ3) is 2.99. The number of carboxylic acids is 1. The lowest BCUT2D eigenvalue weighted by molar-refractivity contribution is -0.121. The molecule has 1 aromatic rings. The quantitative estimate of drug-likeness (QED) is 0.886. The van der Waals surface area contributed by atoms with Crippen LogP contribution < -0.4 is 5.32 Å². The molecule has 2 atom stereocenters. The Morgan fingerprint density at radius 2 is 2.20 bits per heavy atom. The molecule has 0 aromatic heterocycles. The molecular formula is C15H19NO4. The Morgan fingerprint density at radius 1 is 1.45 bits per heavy atom. The largest absolute Gasteiger partial charge is 0.478 e. The van der Waals surface area contributed by atoms with Crippen LogP contribution in [0.5, 0.6) is 0 Å². The highest BCUT2D eigenvalue weighted by molar-refractivity contribution is 5.95. The van der Waals surface area contributed by atoms with E-state index in [1.54, 1.807) is 19.1 Å². The van der Waals surface area contributed by atoms with Crippen LogP contribution in [0.15, 0.2) is 18.2 Å². The van der Waals surface area contributed by atoms with Crippen molar-refractivity contribution in [1.29, 1.82) is 0 Å². The van der Waals surface area contributed by atoms with E-state index < -0.39 is 5.97 Å². The summed E-state index contributed by atoms with van der Waals surface area (Å²) in [5.74, 6) is -1.15. The monoisotopic (exact) mass is 277 g/mol. The van der Waals surface area contributed by atoms with Crippen LogP contribution in [0.1, 0.15) is 35.7 Å². The maximum atomic E-state index is 12.2. The topological polar surface area (TPSA) is 75.6 Å². The summed E-state index contributed by atoms with van der Waals surface area (Å²) >= 11 is 0. The lowest BCUT2D eigenvalue weighted by Crippen LogP contribution is -2.29. The Labute approximate surface area is 117 Å². The zero-order valence-electron chi connectivity index (χ0n) is 11.7. The molecule has 1 aliphatic heterocycles. The third-order valence-corrected chi connectivity index (χ3v) is 3.67. The second kappa shape index (κ2) is 6.05. The Balaban J connectivity index is 2.08. The van der Waals surface area contributed by atoms with Crippen molar-refractivity contribution >= 4 is 17.6 Å². The summed E-state index contributed by atoms with van der Waals surface area (Å²) in [4.78, 5) is 23.1. The van der Waals surface area contributed by atoms with Gasteiger partial charge >= 0.3 is 5.97 Å². The number of ether oxygens (including phenoxy) is 1. The van der Waals surface area contributed by atoms with Crippen LogP contribution in [0.2, 0.25) is 0 Å². The van der Waals surface area contributed by atoms with Gasteiger partial charge in [-0.25, -0.2) is 4.79 Å². The number of aromatic carboxylic acids is 1. The molecule has 0 radical (unpaired) electrons. The highest BCUT2D eigenvalue weighted by atomic mass is 16.5. The van der Waals surface area contributed by atoms with E-state index in [0.29, 0.717) is 17.9 Å². The van der Waals surface area contributed by atoms with Gasteiger partial charge in [0.1, 0.15) is 0 Å². The standard InChI is InChI=1S/C15H19NO4/c1-3-13-12(6-7-20-13)14(17)16-10-4-5-11(15(18)19)9(2)8-10/h4-5,8,12-13H,3,6-7H2,1-2H3,(H,16,17)(H,18,19). The van der Waals surface area contributed by atoms with Crippen molar-refractivity contribution in [3.05, 3.63) is 29.3 Å². The normalized spacial score (nSPS) is 21.7. The van der Waals surface area contributed by atoms with Crippen LogP contribution in [0.4, 0.5) is 5.69 Å². The smallest absolute Gasteiger partial charge is 0.335 e. The Kier molecular flexibility index (Phi) is 4.39. The fourth-order valence-corrected chi connectivity index (χ4v) is 2.57. The third-order valence-electron chi connectivity index (χ3n) is 3.67. The average Bonchev–Trinajstić information content (AvgIpc) is 2.86. The van der Waals surface area contributed by atoms with Crippen LogP contribution >= 0.6 is 0 Å². The van der Waals surface area contributed by atoms with Gasteiger partial charge in [-0.3, -0.25) is 4.79 Å². The minimum absolute atomic E-state index is 0.0191. The fourth-order valence-electron chi connectivity index (χ4n) is 2.57. The van der Waals surface area contributed by atoms with Gasteiger partial charge in [0.05, 0.1) is 17.6 Å². The zero-order valence-corrected chi connectivity index (χ0v) is 11.7. The number of carbonyl (C=O) groups excluding carboxylic acids is 1. The van der Waals surface area contributed by atoms with Crippen LogP contribution in [0.3, 0.4) is 0 Å². The zero-order chi connectivity index (χ0) is 14.7. The summed E-state index contributed by atoms with van der Waals surface area (Å²) in [6, 6.07) is 4.80. The number of amides is 1. The van der Waals surface area contributed by atoms with Crippen LogP contribution in [-0.2, 0) is 9.53 Å². The molecule has 5 heteroatoms. The van der Waals surface area contributed by atoms with Gasteiger partial charge in [-0.15, -0.1) is 0 Å². The molecule has 2 unspecified atom stereocenters. The van der Waals surface area contributed by atoms with E-state index in [4.69, 9.17) is 9.84 Å². The summed E-state index contributed by atoms with van der Waals surface area (Å²) in [7, 11) is 0. The molecule has 2 N–H and O–H groups in total. The number of nitrogens with one attached hydrogen (secondary N) is 1. The molecule has 1 heterocycles. The minimum Gasteiger partial charge on any atom is -0.478 e. The summed E-state index contributed by atoms with van der Waals surface area (Å²) in [5.41, 5.74) is 1.50. The van der Waals surface area contributed by atoms with Crippen LogP contribution in [0, 0.1) is 12.8 Å². The van der Waals surface area contributed by atoms with Gasteiger partial charge in [0.15, 0.2) is 0 Å². The van der Waals surface area contributed by atoms with Gasteiger partial charge in [-0.2, -0.15) is 0 Å². The Morgan fingerprint density at radius 3 is 2.80 bits per heavy atom. The van der Waals surface area contributed by atoms with Crippen molar-refractivity contribution in [2.45, 2.75) is 32.8 Å². The molecule has 1 aromatic carbocycles. The molecule has 0 aliphatic carbocycles. The van der Waals surface area contributed by atoms with E-state index in [9.17, 15) is 9.59 Å². The van der Waals surface area contributed by atoms with Gasteiger partial charge < -0.3 is 15.2 Å². The molecule has 2 rings (SSSR count). The number of hydrogen-bond donors (Lipinski definition) is 2. The first-order valence-electron chi connectivity index (χ1n) is 6.79. The van der Waals surface area contributed by atoms with Crippen molar-refractivity contribution in [1.82, 2.24) is 0 Å². The van der Waals surface area contributed by atoms with E-state index in [0.717, 1.165) is 12.8 Å². The summed E-state index contributed by atoms with van der Waals surface area (Å²) in [5, 5.41) is 11.8. The first-order valence-corrected chi connectivity index (χ1v) is 6.79. The van der Waals surface area contributed by atoms with Crippen molar-refractivity contribution in [3.8, 4) is 0 Å². The lowest BCUT2D eigenvalue weighted by atomic mass is 9.98. The number of aryl methyl sites for hydroxylation is 1. The molecular weight excluding hydrogens is 258 g/mol. The molecule has 1 saturated heterocycles. The molecule has 5 nitrogen and oxygen atoms in total. The number of anilines is 1. The van der Waals surface area contributed by atoms with Gasteiger partial charge in [0.2, 0.25) is 5.91 Å². The maximum absolute atomic E-state index is 12.2. The van der Waals surface area contributed by atoms with Gasteiger partial charge in [-0.05, 0) is 43.5 Å².